The Morgan fingerprint density at radius 3 is 1.90 bits per heavy atom. The number of rotatable bonds is 19. The zero-order valence-electron chi connectivity index (χ0n) is 20.0. The predicted octanol–water partition coefficient (Wildman–Crippen LogP) is 7.39. The molecule has 1 heterocycles. The monoisotopic (exact) mass is 407 g/mol. The highest BCUT2D eigenvalue weighted by atomic mass is 16.3. The second kappa shape index (κ2) is 17.1. The van der Waals surface area contributed by atoms with Crippen LogP contribution in [0.25, 0.3) is 0 Å². The van der Waals surface area contributed by atoms with Gasteiger partial charge in [-0.05, 0) is 39.0 Å². The maximum Gasteiger partial charge on any atom is 0.189 e. The lowest BCUT2D eigenvalue weighted by Gasteiger charge is -2.40. The predicted molar refractivity (Wildman–Crippen MR) is 128 cm³/mol. The van der Waals surface area contributed by atoms with E-state index in [1.807, 2.05) is 13.1 Å². The van der Waals surface area contributed by atoms with Gasteiger partial charge < -0.3 is 5.11 Å². The molecule has 1 N–H and O–H groups in total. The Balaban J connectivity index is 1.89. The molecule has 3 atom stereocenters. The SMILES string of the molecule is CCCCCCC/C=C/CCCCCCCCCCC1N=CC[N+]1(CC)C(C)O. The normalized spacial score (nSPS) is 22.7. The molecule has 3 unspecified atom stereocenters. The summed E-state index contributed by atoms with van der Waals surface area (Å²) >= 11 is 0. The Hall–Kier alpha value is -0.670. The summed E-state index contributed by atoms with van der Waals surface area (Å²) in [6, 6.07) is 0. The number of allylic oxidation sites excluding steroid dienone is 2. The van der Waals surface area contributed by atoms with Crippen LogP contribution in [0, 0.1) is 0 Å². The molecular weight excluding hydrogens is 356 g/mol. The van der Waals surface area contributed by atoms with Crippen molar-refractivity contribution in [2.24, 2.45) is 4.99 Å². The van der Waals surface area contributed by atoms with E-state index in [9.17, 15) is 5.11 Å². The van der Waals surface area contributed by atoms with Crippen LogP contribution in [-0.4, -0.2) is 41.3 Å². The second-order valence-corrected chi connectivity index (χ2v) is 9.13. The van der Waals surface area contributed by atoms with Crippen molar-refractivity contribution in [3.63, 3.8) is 0 Å². The fraction of sp³-hybridized carbons (Fsp3) is 0.885. The van der Waals surface area contributed by atoms with E-state index in [1.165, 1.54) is 96.3 Å². The third-order valence-corrected chi connectivity index (χ3v) is 6.85. The van der Waals surface area contributed by atoms with Gasteiger partial charge in [0.2, 0.25) is 0 Å². The number of aliphatic hydroxyl groups is 1. The van der Waals surface area contributed by atoms with Crippen LogP contribution in [0.15, 0.2) is 17.1 Å². The molecular formula is C26H51N2O+. The summed E-state index contributed by atoms with van der Waals surface area (Å²) in [5.41, 5.74) is 0. The standard InChI is InChI=1S/C26H51N2O/c1-4-6-7-8-9-10-11-12-13-14-15-16-17-18-19-20-21-22-26-27-23-24-28(26,5-2)25(3)29/h11-12,23,25-26,29H,4-10,13-22,24H2,1-3H3/q+1/b12-11+. The lowest BCUT2D eigenvalue weighted by Crippen LogP contribution is -2.57. The van der Waals surface area contributed by atoms with Crippen molar-refractivity contribution in [2.75, 3.05) is 13.1 Å². The Bertz CT molecular complexity index is 432. The van der Waals surface area contributed by atoms with E-state index in [4.69, 9.17) is 0 Å². The summed E-state index contributed by atoms with van der Waals surface area (Å²) in [5.74, 6) is 0. The summed E-state index contributed by atoms with van der Waals surface area (Å²) in [7, 11) is 0. The lowest BCUT2D eigenvalue weighted by atomic mass is 10.0. The van der Waals surface area contributed by atoms with Gasteiger partial charge in [0.05, 0.1) is 12.8 Å². The molecule has 1 aliphatic rings. The highest BCUT2D eigenvalue weighted by Gasteiger charge is 2.41. The summed E-state index contributed by atoms with van der Waals surface area (Å²) in [4.78, 5) is 4.67. The van der Waals surface area contributed by atoms with Crippen molar-refractivity contribution in [3.8, 4) is 0 Å². The van der Waals surface area contributed by atoms with Gasteiger partial charge in [-0.15, -0.1) is 0 Å². The van der Waals surface area contributed by atoms with Gasteiger partial charge >= 0.3 is 0 Å². The number of hydrogen-bond donors (Lipinski definition) is 1. The molecule has 0 aromatic rings. The molecule has 0 radical (unpaired) electrons. The van der Waals surface area contributed by atoms with Gasteiger partial charge in [0.15, 0.2) is 12.4 Å². The fourth-order valence-corrected chi connectivity index (χ4v) is 4.66. The van der Waals surface area contributed by atoms with Crippen LogP contribution in [0.2, 0.25) is 0 Å². The van der Waals surface area contributed by atoms with Crippen molar-refractivity contribution in [2.45, 2.75) is 136 Å². The summed E-state index contributed by atoms with van der Waals surface area (Å²) in [5, 5.41) is 10.2. The topological polar surface area (TPSA) is 32.6 Å². The Labute approximate surface area is 182 Å². The Morgan fingerprint density at radius 2 is 1.38 bits per heavy atom. The van der Waals surface area contributed by atoms with Crippen LogP contribution in [-0.2, 0) is 0 Å². The van der Waals surface area contributed by atoms with Crippen LogP contribution in [0.5, 0.6) is 0 Å². The van der Waals surface area contributed by atoms with Gasteiger partial charge in [-0.1, -0.05) is 83.3 Å². The molecule has 29 heavy (non-hydrogen) atoms. The highest BCUT2D eigenvalue weighted by molar-refractivity contribution is 5.60. The van der Waals surface area contributed by atoms with E-state index < -0.39 is 0 Å². The average Bonchev–Trinajstić information content (AvgIpc) is 3.14. The van der Waals surface area contributed by atoms with E-state index in [1.54, 1.807) is 0 Å². The lowest BCUT2D eigenvalue weighted by molar-refractivity contribution is -0.976. The zero-order chi connectivity index (χ0) is 21.2. The Morgan fingerprint density at radius 1 is 0.862 bits per heavy atom. The highest BCUT2D eigenvalue weighted by Crippen LogP contribution is 2.26. The third-order valence-electron chi connectivity index (χ3n) is 6.85. The first-order valence-electron chi connectivity index (χ1n) is 12.9. The number of aliphatic hydroxyl groups excluding tert-OH is 1. The second-order valence-electron chi connectivity index (χ2n) is 9.13. The smallest absolute Gasteiger partial charge is 0.189 e. The van der Waals surface area contributed by atoms with Crippen LogP contribution < -0.4 is 0 Å². The summed E-state index contributed by atoms with van der Waals surface area (Å²) in [6.45, 7) is 8.25. The van der Waals surface area contributed by atoms with E-state index in [-0.39, 0.29) is 12.4 Å². The summed E-state index contributed by atoms with van der Waals surface area (Å²) in [6.07, 6.45) is 28.3. The molecule has 170 valence electrons. The first-order chi connectivity index (χ1) is 14.2. The molecule has 0 saturated heterocycles. The van der Waals surface area contributed by atoms with Gasteiger partial charge in [-0.3, -0.25) is 4.48 Å². The van der Waals surface area contributed by atoms with Crippen LogP contribution >= 0.6 is 0 Å². The van der Waals surface area contributed by atoms with Crippen LogP contribution in [0.3, 0.4) is 0 Å². The van der Waals surface area contributed by atoms with Crippen molar-refractivity contribution in [3.05, 3.63) is 12.2 Å². The Kier molecular flexibility index (Phi) is 15.5. The average molecular weight is 408 g/mol. The molecule has 0 saturated carbocycles. The van der Waals surface area contributed by atoms with Crippen molar-refractivity contribution in [1.82, 2.24) is 0 Å². The molecule has 0 spiro atoms. The fourth-order valence-electron chi connectivity index (χ4n) is 4.66. The van der Waals surface area contributed by atoms with Crippen molar-refractivity contribution in [1.29, 1.82) is 0 Å². The maximum absolute atomic E-state index is 10.2. The molecule has 0 aliphatic carbocycles. The van der Waals surface area contributed by atoms with E-state index >= 15 is 0 Å². The number of hydrogen-bond acceptors (Lipinski definition) is 2. The van der Waals surface area contributed by atoms with Gasteiger partial charge in [-0.25, -0.2) is 4.99 Å². The molecule has 0 fully saturated rings. The minimum atomic E-state index is -0.312. The molecule has 0 amide bonds. The molecule has 1 aliphatic heterocycles. The molecule has 0 aromatic carbocycles. The van der Waals surface area contributed by atoms with Gasteiger partial charge in [0.1, 0.15) is 6.54 Å². The first-order valence-corrected chi connectivity index (χ1v) is 12.9. The van der Waals surface area contributed by atoms with Crippen molar-refractivity contribution >= 4 is 6.21 Å². The number of quaternary nitrogens is 1. The number of aliphatic imine (C=N–C) groups is 1. The van der Waals surface area contributed by atoms with Gasteiger partial charge in [0.25, 0.3) is 0 Å². The van der Waals surface area contributed by atoms with E-state index in [2.05, 4.69) is 31.0 Å². The largest absolute Gasteiger partial charge is 0.345 e. The maximum atomic E-state index is 10.2. The first kappa shape index (κ1) is 26.4. The molecule has 0 bridgehead atoms. The van der Waals surface area contributed by atoms with E-state index in [0.717, 1.165) is 24.0 Å². The zero-order valence-corrected chi connectivity index (χ0v) is 20.0. The quantitative estimate of drug-likeness (QED) is 0.135. The minimum Gasteiger partial charge on any atom is -0.345 e. The number of nitrogens with zero attached hydrogens (tertiary/aromatic N) is 2. The number of unbranched alkanes of at least 4 members (excludes halogenated alkanes) is 13. The van der Waals surface area contributed by atoms with Gasteiger partial charge in [-0.2, -0.15) is 0 Å². The van der Waals surface area contributed by atoms with Crippen molar-refractivity contribution < 1.29 is 9.59 Å². The van der Waals surface area contributed by atoms with Crippen LogP contribution in [0.4, 0.5) is 0 Å². The van der Waals surface area contributed by atoms with Crippen LogP contribution in [0.1, 0.15) is 124 Å². The third kappa shape index (κ3) is 10.8. The molecule has 1 rings (SSSR count). The van der Waals surface area contributed by atoms with E-state index in [0.29, 0.717) is 0 Å². The molecule has 0 aromatic heterocycles. The molecule has 3 heteroatoms. The minimum absolute atomic E-state index is 0.282. The molecule has 3 nitrogen and oxygen atoms in total. The summed E-state index contributed by atoms with van der Waals surface area (Å²) < 4.78 is 0.743. The van der Waals surface area contributed by atoms with Gasteiger partial charge in [0, 0.05) is 13.3 Å².